The summed E-state index contributed by atoms with van der Waals surface area (Å²) in [6.45, 7) is 0.720. The minimum absolute atomic E-state index is 0.685. The van der Waals surface area contributed by atoms with Gasteiger partial charge in [-0.25, -0.2) is 59.8 Å². The van der Waals surface area contributed by atoms with Gasteiger partial charge in [-0.05, 0) is 6.07 Å². The first kappa shape index (κ1) is 29.8. The van der Waals surface area contributed by atoms with Gasteiger partial charge in [0.25, 0.3) is 0 Å². The SMILES string of the molecule is C1=NCc2ncncc21.c1cc2cncnc2cn1.c1ncc2[nH]ncc2n1.c1ncc2cn[nH]c2n1.c1ncc2cncnc2n1. The molecular weight excluding hydrogens is 600 g/mol. The second-order valence-electron chi connectivity index (χ2n) is 9.06. The molecule has 0 atom stereocenters. The first-order valence-electron chi connectivity index (χ1n) is 13.7. The van der Waals surface area contributed by atoms with E-state index in [-0.39, 0.29) is 0 Å². The zero-order valence-corrected chi connectivity index (χ0v) is 24.3. The van der Waals surface area contributed by atoms with Crippen molar-refractivity contribution in [3.8, 4) is 0 Å². The van der Waals surface area contributed by atoms with Crippen LogP contribution in [-0.4, -0.2) is 91.4 Å². The Balaban J connectivity index is 0.000000103. The van der Waals surface area contributed by atoms with Crippen molar-refractivity contribution < 1.29 is 0 Å². The van der Waals surface area contributed by atoms with Crippen LogP contribution < -0.4 is 0 Å². The Morgan fingerprint density at radius 2 is 1.15 bits per heavy atom. The lowest BCUT2D eigenvalue weighted by Gasteiger charge is -1.90. The maximum Gasteiger partial charge on any atom is 0.165 e. The van der Waals surface area contributed by atoms with Crippen LogP contribution >= 0.6 is 0 Å². The van der Waals surface area contributed by atoms with Gasteiger partial charge in [0.1, 0.15) is 49.0 Å². The summed E-state index contributed by atoms with van der Waals surface area (Å²) >= 11 is 0. The molecule has 18 nitrogen and oxygen atoms in total. The van der Waals surface area contributed by atoms with Gasteiger partial charge in [-0.1, -0.05) is 0 Å². The molecule has 47 heavy (non-hydrogen) atoms. The summed E-state index contributed by atoms with van der Waals surface area (Å²) in [5.74, 6) is 0. The van der Waals surface area contributed by atoms with Crippen LogP contribution in [-0.2, 0) is 6.54 Å². The van der Waals surface area contributed by atoms with E-state index >= 15 is 0 Å². The van der Waals surface area contributed by atoms with E-state index in [1.54, 1.807) is 74.5 Å². The van der Waals surface area contributed by atoms with Gasteiger partial charge in [0.05, 0.1) is 53.3 Å². The smallest absolute Gasteiger partial charge is 0.165 e. The van der Waals surface area contributed by atoms with Crippen LogP contribution in [0, 0.1) is 0 Å². The van der Waals surface area contributed by atoms with Crippen LogP contribution in [0.1, 0.15) is 11.3 Å². The average molecular weight is 623 g/mol. The Labute approximate surface area is 264 Å². The second-order valence-corrected chi connectivity index (χ2v) is 9.06. The number of aliphatic imine (C=N–C) groups is 1. The molecule has 10 heterocycles. The summed E-state index contributed by atoms with van der Waals surface area (Å²) in [7, 11) is 0. The number of pyridine rings is 1. The number of rotatable bonds is 0. The molecule has 0 saturated carbocycles. The van der Waals surface area contributed by atoms with Gasteiger partial charge in [-0.3, -0.25) is 20.2 Å². The van der Waals surface area contributed by atoms with E-state index < -0.39 is 0 Å². The molecule has 10 rings (SSSR count). The van der Waals surface area contributed by atoms with E-state index in [1.165, 1.54) is 31.6 Å². The molecule has 18 heteroatoms. The van der Waals surface area contributed by atoms with E-state index in [2.05, 4.69) is 90.2 Å². The lowest BCUT2D eigenvalue weighted by Crippen LogP contribution is -1.88. The van der Waals surface area contributed by atoms with E-state index in [0.717, 1.165) is 56.2 Å². The maximum absolute atomic E-state index is 4.02. The molecule has 2 N–H and O–H groups in total. The van der Waals surface area contributed by atoms with Gasteiger partial charge in [-0.15, -0.1) is 0 Å². The molecule has 1 aliphatic rings. The summed E-state index contributed by atoms with van der Waals surface area (Å²) in [4.78, 5) is 54.7. The molecule has 0 bridgehead atoms. The second kappa shape index (κ2) is 15.5. The van der Waals surface area contributed by atoms with Crippen molar-refractivity contribution in [1.29, 1.82) is 0 Å². The molecule has 228 valence electrons. The van der Waals surface area contributed by atoms with E-state index in [0.29, 0.717) is 5.65 Å². The summed E-state index contributed by atoms with van der Waals surface area (Å²) in [6.07, 6.45) is 27.9. The molecule has 0 aliphatic carbocycles. The normalized spacial score (nSPS) is 10.8. The predicted molar refractivity (Wildman–Crippen MR) is 169 cm³/mol. The minimum atomic E-state index is 0.685. The standard InChI is InChI=1S/C7H5N3.C6H4N4.C6H5N3.2C5H4N4/c1-2-8-4-7-6(1)3-9-5-10-7;1-5-2-8-4-10-6(5)9-3-7-1;1-5-2-8-4-9-6(5)3-7-1;1-5-4(2-8-9-5)7-3-6-1;1-4-2-8-9-5(4)7-3-6-1/h1-5H;1-4H;1-2,4H,3H2;1-3H,(H,8,9);1-3H,(H,6,7,8,9). The lowest BCUT2D eigenvalue weighted by atomic mass is 10.3. The molecule has 0 aromatic carbocycles. The van der Waals surface area contributed by atoms with Crippen molar-refractivity contribution in [1.82, 2.24) is 85.2 Å². The Morgan fingerprint density at radius 1 is 0.489 bits per heavy atom. The number of fused-ring (bicyclic) bond motifs is 5. The Kier molecular flexibility index (Phi) is 9.82. The van der Waals surface area contributed by atoms with Crippen LogP contribution in [0.25, 0.3) is 44.0 Å². The van der Waals surface area contributed by atoms with E-state index in [1.807, 2.05) is 6.07 Å². The molecule has 0 saturated heterocycles. The van der Waals surface area contributed by atoms with Crippen molar-refractivity contribution >= 4 is 50.2 Å². The third-order valence-electron chi connectivity index (χ3n) is 6.02. The highest BCUT2D eigenvalue weighted by Gasteiger charge is 2.04. The number of hydrogen-bond donors (Lipinski definition) is 2. The fraction of sp³-hybridized carbons (Fsp3) is 0.0345. The topological polar surface area (TPSA) is 237 Å². The van der Waals surface area contributed by atoms with Crippen LogP contribution in [0.2, 0.25) is 0 Å². The largest absolute Gasteiger partial charge is 0.286 e. The maximum atomic E-state index is 4.02. The highest BCUT2D eigenvalue weighted by molar-refractivity contribution is 5.82. The van der Waals surface area contributed by atoms with Gasteiger partial charge in [0, 0.05) is 54.3 Å². The van der Waals surface area contributed by atoms with E-state index in [9.17, 15) is 0 Å². The Hall–Kier alpha value is -7.24. The van der Waals surface area contributed by atoms with E-state index in [4.69, 9.17) is 0 Å². The average Bonchev–Trinajstić information content (AvgIpc) is 3.94. The zero-order chi connectivity index (χ0) is 31.9. The molecule has 0 fully saturated rings. The highest BCUT2D eigenvalue weighted by Crippen LogP contribution is 2.08. The van der Waals surface area contributed by atoms with Crippen molar-refractivity contribution in [3.63, 3.8) is 0 Å². The monoisotopic (exact) mass is 622 g/mol. The van der Waals surface area contributed by atoms with Crippen molar-refractivity contribution in [2.24, 2.45) is 4.99 Å². The highest BCUT2D eigenvalue weighted by atomic mass is 15.1. The quantitative estimate of drug-likeness (QED) is 0.247. The summed E-state index contributed by atoms with van der Waals surface area (Å²) in [5, 5.41) is 15.8. The van der Waals surface area contributed by atoms with Gasteiger partial charge >= 0.3 is 0 Å². The molecule has 0 amide bonds. The van der Waals surface area contributed by atoms with Crippen LogP contribution in [0.15, 0.2) is 111 Å². The molecule has 9 aromatic heterocycles. The minimum Gasteiger partial charge on any atom is -0.286 e. The first-order chi connectivity index (χ1) is 23.3. The third kappa shape index (κ3) is 8.23. The van der Waals surface area contributed by atoms with Crippen LogP contribution in [0.3, 0.4) is 0 Å². The summed E-state index contributed by atoms with van der Waals surface area (Å²) in [6, 6.07) is 1.88. The van der Waals surface area contributed by atoms with Crippen molar-refractivity contribution in [2.45, 2.75) is 6.54 Å². The van der Waals surface area contributed by atoms with Gasteiger partial charge < -0.3 is 0 Å². The fourth-order valence-electron chi connectivity index (χ4n) is 3.78. The van der Waals surface area contributed by atoms with Gasteiger partial charge in [0.15, 0.2) is 11.3 Å². The van der Waals surface area contributed by atoms with Gasteiger partial charge in [-0.2, -0.15) is 10.2 Å². The number of aromatic amines is 2. The number of H-pyrrole nitrogens is 2. The Morgan fingerprint density at radius 3 is 1.89 bits per heavy atom. The predicted octanol–water partition coefficient (Wildman–Crippen LogP) is 2.56. The van der Waals surface area contributed by atoms with Crippen LogP contribution in [0.4, 0.5) is 0 Å². The first-order valence-corrected chi connectivity index (χ1v) is 13.7. The Bertz CT molecular complexity index is 2010. The lowest BCUT2D eigenvalue weighted by molar-refractivity contribution is 0.993. The molecular formula is C29H22N18. The van der Waals surface area contributed by atoms with Crippen molar-refractivity contribution in [3.05, 3.63) is 117 Å². The molecule has 0 radical (unpaired) electrons. The summed E-state index contributed by atoms with van der Waals surface area (Å²) in [5.41, 5.74) is 6.16. The molecule has 9 aromatic rings. The zero-order valence-electron chi connectivity index (χ0n) is 24.3. The number of hydrogen-bond acceptors (Lipinski definition) is 16. The molecule has 1 aliphatic heterocycles. The van der Waals surface area contributed by atoms with Gasteiger partial charge in [0.2, 0.25) is 0 Å². The fourth-order valence-corrected chi connectivity index (χ4v) is 3.78. The van der Waals surface area contributed by atoms with Crippen LogP contribution in [0.5, 0.6) is 0 Å². The summed E-state index contributed by atoms with van der Waals surface area (Å²) < 4.78 is 0. The number of nitrogens with one attached hydrogen (secondary N) is 2. The number of aromatic nitrogens is 17. The number of nitrogens with zero attached hydrogens (tertiary/aromatic N) is 16. The van der Waals surface area contributed by atoms with Crippen molar-refractivity contribution in [2.75, 3.05) is 0 Å². The third-order valence-corrected chi connectivity index (χ3v) is 6.02. The molecule has 0 unspecified atom stereocenters. The molecule has 0 spiro atoms.